The fourth-order valence-electron chi connectivity index (χ4n) is 2.19. The number of fused-ring (bicyclic) bond motifs is 1. The lowest BCUT2D eigenvalue weighted by Crippen LogP contribution is -2.51. The van der Waals surface area contributed by atoms with Crippen LogP contribution in [-0.2, 0) is 19.1 Å². The number of rotatable bonds is 3. The molecule has 0 amide bonds. The SMILES string of the molecule is COC(=O)C1=C(O)C2OC2C(O)(CC(C)=O)C1=N. The van der Waals surface area contributed by atoms with E-state index in [0.717, 1.165) is 7.11 Å². The van der Waals surface area contributed by atoms with Crippen LogP contribution in [0.3, 0.4) is 0 Å². The van der Waals surface area contributed by atoms with Crippen molar-refractivity contribution in [1.82, 2.24) is 0 Å². The van der Waals surface area contributed by atoms with Crippen LogP contribution in [0.2, 0.25) is 0 Å². The molecule has 0 bridgehead atoms. The zero-order valence-corrected chi connectivity index (χ0v) is 9.89. The second-order valence-electron chi connectivity index (χ2n) is 4.41. The van der Waals surface area contributed by atoms with Gasteiger partial charge in [0.05, 0.1) is 12.8 Å². The van der Waals surface area contributed by atoms with Gasteiger partial charge in [-0.3, -0.25) is 4.79 Å². The topological polar surface area (TPSA) is 120 Å². The summed E-state index contributed by atoms with van der Waals surface area (Å²) in [5, 5.41) is 27.9. The van der Waals surface area contributed by atoms with E-state index in [9.17, 15) is 19.8 Å². The molecule has 0 aromatic rings. The van der Waals surface area contributed by atoms with E-state index >= 15 is 0 Å². The second kappa shape index (κ2) is 3.89. The van der Waals surface area contributed by atoms with Crippen LogP contribution < -0.4 is 0 Å². The molecule has 0 aromatic carbocycles. The Morgan fingerprint density at radius 3 is 2.67 bits per heavy atom. The van der Waals surface area contributed by atoms with Gasteiger partial charge in [-0.1, -0.05) is 0 Å². The smallest absolute Gasteiger partial charge is 0.343 e. The van der Waals surface area contributed by atoms with Gasteiger partial charge in [-0.15, -0.1) is 0 Å². The molecule has 0 aromatic heterocycles. The predicted octanol–water partition coefficient (Wildman–Crippen LogP) is -0.518. The first-order valence-electron chi connectivity index (χ1n) is 5.31. The molecular formula is C11H13NO6. The van der Waals surface area contributed by atoms with E-state index in [1.165, 1.54) is 6.92 Å². The molecule has 1 aliphatic carbocycles. The summed E-state index contributed by atoms with van der Waals surface area (Å²) < 4.78 is 9.49. The number of hydrogen-bond donors (Lipinski definition) is 3. The number of carbonyl (C=O) groups excluding carboxylic acids is 2. The van der Waals surface area contributed by atoms with Crippen molar-refractivity contribution < 1.29 is 29.3 Å². The van der Waals surface area contributed by atoms with Crippen LogP contribution in [0.25, 0.3) is 0 Å². The van der Waals surface area contributed by atoms with Crippen molar-refractivity contribution in [1.29, 1.82) is 5.41 Å². The van der Waals surface area contributed by atoms with Crippen LogP contribution in [0.4, 0.5) is 0 Å². The molecular weight excluding hydrogens is 242 g/mol. The zero-order valence-electron chi connectivity index (χ0n) is 9.89. The number of nitrogens with one attached hydrogen (secondary N) is 1. The van der Waals surface area contributed by atoms with Gasteiger partial charge in [-0.25, -0.2) is 4.79 Å². The van der Waals surface area contributed by atoms with Gasteiger partial charge in [0.25, 0.3) is 0 Å². The maximum absolute atomic E-state index is 11.5. The highest BCUT2D eigenvalue weighted by molar-refractivity contribution is 6.24. The Bertz CT molecular complexity index is 482. The number of ketones is 1. The van der Waals surface area contributed by atoms with Crippen LogP contribution in [0.1, 0.15) is 13.3 Å². The second-order valence-corrected chi connectivity index (χ2v) is 4.41. The molecule has 1 aliphatic heterocycles. The molecule has 3 unspecified atom stereocenters. The van der Waals surface area contributed by atoms with Gasteiger partial charge in [0.2, 0.25) is 0 Å². The van der Waals surface area contributed by atoms with Gasteiger partial charge in [-0.05, 0) is 6.92 Å². The van der Waals surface area contributed by atoms with Gasteiger partial charge in [0.15, 0.2) is 0 Å². The summed E-state index contributed by atoms with van der Waals surface area (Å²) >= 11 is 0. The van der Waals surface area contributed by atoms with E-state index < -0.39 is 40.8 Å². The molecule has 18 heavy (non-hydrogen) atoms. The van der Waals surface area contributed by atoms with Gasteiger partial charge in [0.1, 0.15) is 34.9 Å². The van der Waals surface area contributed by atoms with Gasteiger partial charge in [0, 0.05) is 6.42 Å². The Balaban J connectivity index is 2.43. The minimum atomic E-state index is -1.88. The largest absolute Gasteiger partial charge is 0.508 e. The highest BCUT2D eigenvalue weighted by atomic mass is 16.6. The molecule has 1 fully saturated rings. The summed E-state index contributed by atoms with van der Waals surface area (Å²) in [6.07, 6.45) is -2.05. The lowest BCUT2D eigenvalue weighted by Gasteiger charge is -2.29. The van der Waals surface area contributed by atoms with E-state index in [4.69, 9.17) is 10.1 Å². The lowest BCUT2D eigenvalue weighted by atomic mass is 9.78. The molecule has 3 N–H and O–H groups in total. The molecule has 0 spiro atoms. The fourth-order valence-corrected chi connectivity index (χ4v) is 2.19. The summed E-state index contributed by atoms with van der Waals surface area (Å²) in [5.41, 5.74) is -2.85. The minimum absolute atomic E-state index is 0.345. The lowest BCUT2D eigenvalue weighted by molar-refractivity contribution is -0.136. The molecule has 2 rings (SSSR count). The highest BCUT2D eigenvalue weighted by Crippen LogP contribution is 2.45. The van der Waals surface area contributed by atoms with Crippen LogP contribution >= 0.6 is 0 Å². The number of hydrogen-bond acceptors (Lipinski definition) is 7. The normalized spacial score (nSPS) is 34.1. The fraction of sp³-hybridized carbons (Fsp3) is 0.545. The summed E-state index contributed by atoms with van der Waals surface area (Å²) in [5.74, 6) is -1.71. The first kappa shape index (κ1) is 12.7. The summed E-state index contributed by atoms with van der Waals surface area (Å²) in [4.78, 5) is 22.6. The van der Waals surface area contributed by atoms with Crippen molar-refractivity contribution in [3.8, 4) is 0 Å². The van der Waals surface area contributed by atoms with Gasteiger partial charge in [-0.2, -0.15) is 0 Å². The highest BCUT2D eigenvalue weighted by Gasteiger charge is 2.64. The Hall–Kier alpha value is -1.73. The Kier molecular flexibility index (Phi) is 2.75. The zero-order chi connectivity index (χ0) is 13.7. The summed E-state index contributed by atoms with van der Waals surface area (Å²) in [6.45, 7) is 1.26. The molecule has 7 heteroatoms. The van der Waals surface area contributed by atoms with Crippen LogP contribution in [0.5, 0.6) is 0 Å². The monoisotopic (exact) mass is 255 g/mol. The first-order chi connectivity index (χ1) is 8.32. The average Bonchev–Trinajstić information content (AvgIpc) is 3.06. The van der Waals surface area contributed by atoms with Gasteiger partial charge >= 0.3 is 5.97 Å². The number of aliphatic hydroxyl groups is 2. The third-order valence-corrected chi connectivity index (χ3v) is 3.08. The number of carbonyl (C=O) groups is 2. The standard InChI is InChI=1S/C11H13NO6/c1-4(13)3-11(16)8(12)5(10(15)17-2)6(14)7-9(11)18-7/h7,9,12,14,16H,3H2,1-2H3. The van der Waals surface area contributed by atoms with Crippen molar-refractivity contribution >= 4 is 17.5 Å². The van der Waals surface area contributed by atoms with Crippen molar-refractivity contribution in [2.24, 2.45) is 0 Å². The van der Waals surface area contributed by atoms with Crippen molar-refractivity contribution in [3.63, 3.8) is 0 Å². The van der Waals surface area contributed by atoms with Crippen LogP contribution in [0, 0.1) is 5.41 Å². The van der Waals surface area contributed by atoms with Gasteiger partial charge < -0.3 is 25.1 Å². The predicted molar refractivity (Wildman–Crippen MR) is 58.3 cm³/mol. The molecule has 0 saturated carbocycles. The Morgan fingerprint density at radius 2 is 2.17 bits per heavy atom. The van der Waals surface area contributed by atoms with Crippen LogP contribution in [-0.4, -0.2) is 52.6 Å². The number of epoxide rings is 1. The first-order valence-corrected chi connectivity index (χ1v) is 5.31. The third kappa shape index (κ3) is 1.63. The van der Waals surface area contributed by atoms with E-state index in [2.05, 4.69) is 4.74 Å². The molecule has 7 nitrogen and oxygen atoms in total. The Morgan fingerprint density at radius 1 is 1.56 bits per heavy atom. The number of Topliss-reactive ketones (excluding diaryl/α,β-unsaturated/α-hetero) is 1. The summed E-state index contributed by atoms with van der Waals surface area (Å²) in [6, 6.07) is 0. The number of aliphatic hydroxyl groups excluding tert-OH is 1. The molecule has 98 valence electrons. The van der Waals surface area contributed by atoms with Crippen molar-refractivity contribution in [2.75, 3.05) is 7.11 Å². The van der Waals surface area contributed by atoms with E-state index in [1.807, 2.05) is 0 Å². The molecule has 2 aliphatic rings. The average molecular weight is 255 g/mol. The maximum atomic E-state index is 11.5. The van der Waals surface area contributed by atoms with Crippen molar-refractivity contribution in [2.45, 2.75) is 31.2 Å². The third-order valence-electron chi connectivity index (χ3n) is 3.08. The number of esters is 1. The molecule has 1 saturated heterocycles. The minimum Gasteiger partial charge on any atom is -0.508 e. The molecule has 0 radical (unpaired) electrons. The number of ether oxygens (including phenoxy) is 2. The Labute approximate surface area is 103 Å². The maximum Gasteiger partial charge on any atom is 0.343 e. The quantitative estimate of drug-likeness (QED) is 0.461. The van der Waals surface area contributed by atoms with E-state index in [1.54, 1.807) is 0 Å². The molecule has 3 atom stereocenters. The van der Waals surface area contributed by atoms with Crippen LogP contribution in [0.15, 0.2) is 11.3 Å². The van der Waals surface area contributed by atoms with E-state index in [0.29, 0.717) is 0 Å². The summed E-state index contributed by atoms with van der Waals surface area (Å²) in [7, 11) is 1.10. The van der Waals surface area contributed by atoms with E-state index in [-0.39, 0.29) is 12.2 Å². The number of methoxy groups -OCH3 is 1. The van der Waals surface area contributed by atoms with Crippen molar-refractivity contribution in [3.05, 3.63) is 11.3 Å². The molecule has 1 heterocycles.